The zero-order valence-corrected chi connectivity index (χ0v) is 18.3. The molecule has 3 atom stereocenters. The number of hydrogen-bond donors (Lipinski definition) is 1. The van der Waals surface area contributed by atoms with E-state index in [0.29, 0.717) is 0 Å². The van der Waals surface area contributed by atoms with Crippen molar-refractivity contribution in [3.8, 4) is 0 Å². The molecule has 1 aromatic carbocycles. The average molecular weight is 366 g/mol. The van der Waals surface area contributed by atoms with Crippen molar-refractivity contribution in [3.63, 3.8) is 0 Å². The van der Waals surface area contributed by atoms with Crippen molar-refractivity contribution in [2.75, 3.05) is 0 Å². The molecule has 0 aliphatic carbocycles. The van der Waals surface area contributed by atoms with Gasteiger partial charge in [-0.3, -0.25) is 0 Å². The maximum absolute atomic E-state index is 12.8. The molecule has 0 heterocycles. The lowest BCUT2D eigenvalue weighted by Crippen LogP contribution is -2.53. The third-order valence-corrected chi connectivity index (χ3v) is 10.5. The van der Waals surface area contributed by atoms with Crippen LogP contribution in [0, 0.1) is 0 Å². The third-order valence-electron chi connectivity index (χ3n) is 5.13. The van der Waals surface area contributed by atoms with Crippen LogP contribution in [0.25, 0.3) is 0 Å². The van der Waals surface area contributed by atoms with Gasteiger partial charge in [0, 0.05) is 6.04 Å². The van der Waals surface area contributed by atoms with Crippen LogP contribution in [0.1, 0.15) is 39.7 Å². The van der Waals surface area contributed by atoms with Gasteiger partial charge in [0.15, 0.2) is 0 Å². The van der Waals surface area contributed by atoms with Crippen molar-refractivity contribution in [1.29, 1.82) is 0 Å². The van der Waals surface area contributed by atoms with Crippen LogP contribution in [-0.2, 0) is 17.4 Å². The minimum Gasteiger partial charge on any atom is -0.242 e. The molecule has 1 N–H and O–H groups in total. The summed E-state index contributed by atoms with van der Waals surface area (Å²) in [6.45, 7) is 19.6. The fourth-order valence-electron chi connectivity index (χ4n) is 2.71. The highest BCUT2D eigenvalue weighted by molar-refractivity contribution is 7.84. The predicted octanol–water partition coefficient (Wildman–Crippen LogP) is 5.32. The summed E-state index contributed by atoms with van der Waals surface area (Å²) in [5.41, 5.74) is 1.33. The van der Waals surface area contributed by atoms with Crippen LogP contribution in [0.5, 0.6) is 0 Å². The first-order valence-corrected chi connectivity index (χ1v) is 13.4. The standard InChI is InChI=1S/C20H35NOSSi/c1-9-20(5,24(6,7)8)18(21-23(22)19(2,3)4)16-15-17-13-11-10-12-14-17/h9-14,18,21H,1,15-16H2,2-8H3/t18-,20-,23?/m1/s1. The first kappa shape index (κ1) is 21.3. The van der Waals surface area contributed by atoms with Crippen LogP contribution in [0.4, 0.5) is 0 Å². The number of aryl methyl sites for hydroxylation is 1. The third kappa shape index (κ3) is 5.40. The van der Waals surface area contributed by atoms with Crippen molar-refractivity contribution in [3.05, 3.63) is 48.6 Å². The summed E-state index contributed by atoms with van der Waals surface area (Å²) < 4.78 is 15.9. The molecule has 1 aromatic rings. The summed E-state index contributed by atoms with van der Waals surface area (Å²) >= 11 is 0. The molecule has 2 nitrogen and oxygen atoms in total. The molecule has 0 aliphatic heterocycles. The van der Waals surface area contributed by atoms with Crippen LogP contribution >= 0.6 is 0 Å². The smallest absolute Gasteiger partial charge is 0.0972 e. The highest BCUT2D eigenvalue weighted by atomic mass is 32.2. The van der Waals surface area contributed by atoms with Gasteiger partial charge in [0.1, 0.15) is 0 Å². The van der Waals surface area contributed by atoms with E-state index in [1.54, 1.807) is 0 Å². The second-order valence-corrected chi connectivity index (χ2v) is 16.4. The number of hydrogen-bond acceptors (Lipinski definition) is 1. The van der Waals surface area contributed by atoms with E-state index in [2.05, 4.69) is 68.2 Å². The normalized spacial score (nSPS) is 17.8. The molecular weight excluding hydrogens is 330 g/mol. The predicted molar refractivity (Wildman–Crippen MR) is 111 cm³/mol. The Kier molecular flexibility index (Phi) is 7.21. The van der Waals surface area contributed by atoms with Crippen LogP contribution in [-0.4, -0.2) is 23.1 Å². The molecule has 4 heteroatoms. The summed E-state index contributed by atoms with van der Waals surface area (Å²) in [5, 5.41) is -0.0251. The van der Waals surface area contributed by atoms with Gasteiger partial charge in [-0.1, -0.05) is 63.0 Å². The van der Waals surface area contributed by atoms with Gasteiger partial charge in [0.25, 0.3) is 0 Å². The van der Waals surface area contributed by atoms with E-state index < -0.39 is 19.1 Å². The maximum Gasteiger partial charge on any atom is 0.0972 e. The average Bonchev–Trinajstić information content (AvgIpc) is 2.49. The van der Waals surface area contributed by atoms with Crippen LogP contribution in [0.3, 0.4) is 0 Å². The molecular formula is C20H35NOSSi. The van der Waals surface area contributed by atoms with Crippen LogP contribution in [0.15, 0.2) is 43.0 Å². The lowest BCUT2D eigenvalue weighted by Gasteiger charge is -2.45. The fourth-order valence-corrected chi connectivity index (χ4v) is 5.67. The highest BCUT2D eigenvalue weighted by Gasteiger charge is 2.44. The Morgan fingerprint density at radius 3 is 2.12 bits per heavy atom. The molecule has 0 radical (unpaired) electrons. The molecule has 0 bridgehead atoms. The van der Waals surface area contributed by atoms with Crippen LogP contribution in [0.2, 0.25) is 24.7 Å². The van der Waals surface area contributed by atoms with Gasteiger partial charge >= 0.3 is 0 Å². The quantitative estimate of drug-likeness (QED) is 0.490. The SMILES string of the molecule is C=C[C@](C)([C@@H](CCc1ccccc1)NS(=O)C(C)(C)C)[Si](C)(C)C. The first-order chi connectivity index (χ1) is 10.9. The number of rotatable bonds is 8. The minimum atomic E-state index is -1.55. The van der Waals surface area contributed by atoms with Gasteiger partial charge in [-0.15, -0.1) is 6.58 Å². The monoisotopic (exact) mass is 365 g/mol. The molecule has 1 unspecified atom stereocenters. The molecule has 0 saturated carbocycles. The first-order valence-electron chi connectivity index (χ1n) is 8.77. The molecule has 136 valence electrons. The lowest BCUT2D eigenvalue weighted by molar-refractivity contribution is 0.466. The highest BCUT2D eigenvalue weighted by Crippen LogP contribution is 2.44. The Bertz CT molecular complexity index is 559. The minimum absolute atomic E-state index is 0.0251. The number of benzene rings is 1. The molecule has 0 fully saturated rings. The molecule has 0 aliphatic rings. The second kappa shape index (κ2) is 8.11. The Morgan fingerprint density at radius 1 is 1.17 bits per heavy atom. The Balaban J connectivity index is 3.06. The zero-order chi connectivity index (χ0) is 18.6. The Labute approximate surface area is 152 Å². The van der Waals surface area contributed by atoms with E-state index in [1.165, 1.54) is 5.56 Å². The summed E-state index contributed by atoms with van der Waals surface area (Å²) in [6.07, 6.45) is 4.04. The van der Waals surface area contributed by atoms with E-state index in [1.807, 2.05) is 26.8 Å². The summed E-state index contributed by atoms with van der Waals surface area (Å²) in [4.78, 5) is 0. The molecule has 1 rings (SSSR count). The van der Waals surface area contributed by atoms with Crippen LogP contribution < -0.4 is 4.72 Å². The summed E-state index contributed by atoms with van der Waals surface area (Å²) in [6, 6.07) is 10.7. The van der Waals surface area contributed by atoms with E-state index in [4.69, 9.17) is 0 Å². The Hall–Kier alpha value is -0.713. The summed E-state index contributed by atoms with van der Waals surface area (Å²) in [5.74, 6) is 0. The fraction of sp³-hybridized carbons (Fsp3) is 0.600. The summed E-state index contributed by atoms with van der Waals surface area (Å²) in [7, 11) is -2.64. The molecule has 0 saturated heterocycles. The molecule has 0 aromatic heterocycles. The van der Waals surface area contributed by atoms with Crippen molar-refractivity contribution in [1.82, 2.24) is 4.72 Å². The van der Waals surface area contributed by atoms with Gasteiger partial charge in [0.2, 0.25) is 0 Å². The van der Waals surface area contributed by atoms with Gasteiger partial charge in [0.05, 0.1) is 23.8 Å². The van der Waals surface area contributed by atoms with E-state index >= 15 is 0 Å². The second-order valence-electron chi connectivity index (χ2n) is 8.81. The molecule has 0 spiro atoms. The van der Waals surface area contributed by atoms with Gasteiger partial charge in [-0.05, 0) is 44.2 Å². The van der Waals surface area contributed by atoms with E-state index in [0.717, 1.165) is 12.8 Å². The van der Waals surface area contributed by atoms with Gasteiger partial charge in [-0.25, -0.2) is 8.93 Å². The van der Waals surface area contributed by atoms with Crippen molar-refractivity contribution in [2.45, 2.75) is 76.0 Å². The zero-order valence-electron chi connectivity index (χ0n) is 16.5. The molecule has 0 amide bonds. The van der Waals surface area contributed by atoms with E-state index in [9.17, 15) is 4.21 Å². The maximum atomic E-state index is 12.8. The topological polar surface area (TPSA) is 29.1 Å². The van der Waals surface area contributed by atoms with Crippen molar-refractivity contribution in [2.24, 2.45) is 0 Å². The lowest BCUT2D eigenvalue weighted by atomic mass is 9.95. The largest absolute Gasteiger partial charge is 0.242 e. The van der Waals surface area contributed by atoms with Crippen molar-refractivity contribution >= 4 is 19.1 Å². The van der Waals surface area contributed by atoms with Crippen molar-refractivity contribution < 1.29 is 4.21 Å². The Morgan fingerprint density at radius 2 is 1.71 bits per heavy atom. The van der Waals surface area contributed by atoms with E-state index in [-0.39, 0.29) is 15.8 Å². The van der Waals surface area contributed by atoms with Gasteiger partial charge < -0.3 is 0 Å². The number of nitrogens with one attached hydrogen (secondary N) is 1. The van der Waals surface area contributed by atoms with Gasteiger partial charge in [-0.2, -0.15) is 0 Å². The molecule has 24 heavy (non-hydrogen) atoms.